The summed E-state index contributed by atoms with van der Waals surface area (Å²) in [6, 6.07) is 1.26. The Morgan fingerprint density at radius 2 is 1.90 bits per heavy atom. The maximum Gasteiger partial charge on any atom is 0.184 e. The summed E-state index contributed by atoms with van der Waals surface area (Å²) in [4.78, 5) is 0. The van der Waals surface area contributed by atoms with E-state index in [9.17, 15) is 0 Å². The molecule has 0 aromatic carbocycles. The lowest BCUT2D eigenvalue weighted by Gasteiger charge is -2.16. The van der Waals surface area contributed by atoms with Crippen LogP contribution in [0.3, 0.4) is 0 Å². The van der Waals surface area contributed by atoms with Gasteiger partial charge >= 0.3 is 0 Å². The highest BCUT2D eigenvalue weighted by Gasteiger charge is 2.05. The minimum Gasteiger partial charge on any atom is -0.341 e. The van der Waals surface area contributed by atoms with E-state index in [1.54, 1.807) is 0 Å². The van der Waals surface area contributed by atoms with Gasteiger partial charge in [0.05, 0.1) is 0 Å². The van der Waals surface area contributed by atoms with Crippen LogP contribution >= 0.6 is 0 Å². The SMILES string of the molecule is CCCCC[SiH](N)N(C)C. The highest BCUT2D eigenvalue weighted by molar-refractivity contribution is 6.51. The molecule has 0 spiro atoms. The Labute approximate surface area is 66.2 Å². The zero-order valence-electron chi connectivity index (χ0n) is 7.43. The molecule has 62 valence electrons. The Hall–Kier alpha value is 0.137. The number of hydrogen-bond acceptors (Lipinski definition) is 2. The lowest BCUT2D eigenvalue weighted by molar-refractivity contribution is 0.623. The van der Waals surface area contributed by atoms with Crippen LogP contribution in [0.4, 0.5) is 0 Å². The van der Waals surface area contributed by atoms with Gasteiger partial charge in [0.1, 0.15) is 0 Å². The summed E-state index contributed by atoms with van der Waals surface area (Å²) in [5.74, 6) is 0. The predicted molar refractivity (Wildman–Crippen MR) is 49.4 cm³/mol. The molecule has 2 nitrogen and oxygen atoms in total. The minimum absolute atomic E-state index is 0.974. The van der Waals surface area contributed by atoms with Crippen LogP contribution in [-0.4, -0.2) is 27.8 Å². The molecule has 0 aromatic rings. The number of unbranched alkanes of at least 4 members (excludes halogenated alkanes) is 2. The van der Waals surface area contributed by atoms with Crippen molar-refractivity contribution in [3.05, 3.63) is 0 Å². The standard InChI is InChI=1S/C7H20N2Si/c1-4-5-6-7-10(8)9(2)3/h10H,4-8H2,1-3H3. The summed E-state index contributed by atoms with van der Waals surface area (Å²) in [5, 5.41) is 5.92. The third-order valence-electron chi connectivity index (χ3n) is 1.77. The summed E-state index contributed by atoms with van der Waals surface area (Å²) >= 11 is 0. The Balaban J connectivity index is 3.13. The average molecular weight is 160 g/mol. The van der Waals surface area contributed by atoms with Gasteiger partial charge in [-0.15, -0.1) is 0 Å². The molecule has 1 unspecified atom stereocenters. The highest BCUT2D eigenvalue weighted by Crippen LogP contribution is 2.01. The fraction of sp³-hybridized carbons (Fsp3) is 1.00. The Morgan fingerprint density at radius 1 is 1.30 bits per heavy atom. The van der Waals surface area contributed by atoms with Crippen molar-refractivity contribution < 1.29 is 0 Å². The maximum absolute atomic E-state index is 5.92. The molecule has 0 aliphatic carbocycles. The normalized spacial score (nSPS) is 14.1. The van der Waals surface area contributed by atoms with Crippen LogP contribution in [0.15, 0.2) is 0 Å². The van der Waals surface area contributed by atoms with Crippen LogP contribution < -0.4 is 5.40 Å². The van der Waals surface area contributed by atoms with Gasteiger partial charge in [0.25, 0.3) is 0 Å². The molecule has 0 saturated carbocycles. The molecule has 0 aliphatic heterocycles. The number of nitrogens with two attached hydrogens (primary N) is 1. The zero-order chi connectivity index (χ0) is 7.98. The van der Waals surface area contributed by atoms with E-state index in [1.807, 2.05) is 0 Å². The van der Waals surface area contributed by atoms with Gasteiger partial charge in [-0.3, -0.25) is 0 Å². The van der Waals surface area contributed by atoms with E-state index in [0.717, 1.165) is 0 Å². The van der Waals surface area contributed by atoms with Crippen molar-refractivity contribution in [2.75, 3.05) is 14.1 Å². The zero-order valence-corrected chi connectivity index (χ0v) is 8.59. The van der Waals surface area contributed by atoms with Gasteiger partial charge in [-0.25, -0.2) is 0 Å². The van der Waals surface area contributed by atoms with Gasteiger partial charge in [-0.05, 0) is 20.1 Å². The molecule has 0 amide bonds. The first-order valence-electron chi connectivity index (χ1n) is 4.10. The van der Waals surface area contributed by atoms with Crippen LogP contribution in [0, 0.1) is 0 Å². The summed E-state index contributed by atoms with van der Waals surface area (Å²) in [6.07, 6.45) is 3.96. The van der Waals surface area contributed by atoms with Crippen molar-refractivity contribution in [3.8, 4) is 0 Å². The summed E-state index contributed by atoms with van der Waals surface area (Å²) in [7, 11) is 3.20. The summed E-state index contributed by atoms with van der Waals surface area (Å²) < 4.78 is 2.20. The van der Waals surface area contributed by atoms with Crippen molar-refractivity contribution in [1.82, 2.24) is 4.57 Å². The molecule has 0 saturated heterocycles. The fourth-order valence-corrected chi connectivity index (χ4v) is 2.09. The second-order valence-electron chi connectivity index (χ2n) is 3.03. The van der Waals surface area contributed by atoms with Crippen LogP contribution in [0.25, 0.3) is 0 Å². The molecule has 0 radical (unpaired) electrons. The van der Waals surface area contributed by atoms with Gasteiger partial charge in [0.15, 0.2) is 9.12 Å². The molecule has 1 atom stereocenters. The van der Waals surface area contributed by atoms with Crippen molar-refractivity contribution >= 4 is 9.12 Å². The van der Waals surface area contributed by atoms with Crippen LogP contribution in [0.1, 0.15) is 26.2 Å². The molecule has 0 aliphatic rings. The summed E-state index contributed by atoms with van der Waals surface area (Å²) in [5.41, 5.74) is 0. The van der Waals surface area contributed by atoms with Crippen molar-refractivity contribution in [3.63, 3.8) is 0 Å². The van der Waals surface area contributed by atoms with Crippen molar-refractivity contribution in [2.24, 2.45) is 5.40 Å². The van der Waals surface area contributed by atoms with Gasteiger partial charge in [0, 0.05) is 0 Å². The first kappa shape index (κ1) is 10.1. The van der Waals surface area contributed by atoms with E-state index in [4.69, 9.17) is 5.40 Å². The molecule has 0 heterocycles. The van der Waals surface area contributed by atoms with Crippen molar-refractivity contribution in [1.29, 1.82) is 0 Å². The van der Waals surface area contributed by atoms with E-state index >= 15 is 0 Å². The number of hydrogen-bond donors (Lipinski definition) is 1. The van der Waals surface area contributed by atoms with Gasteiger partial charge in [-0.1, -0.05) is 26.2 Å². The van der Waals surface area contributed by atoms with Crippen LogP contribution in [-0.2, 0) is 0 Å². The van der Waals surface area contributed by atoms with E-state index in [1.165, 1.54) is 25.3 Å². The Kier molecular flexibility index (Phi) is 5.97. The minimum atomic E-state index is -0.974. The van der Waals surface area contributed by atoms with Gasteiger partial charge in [-0.2, -0.15) is 0 Å². The lowest BCUT2D eigenvalue weighted by Crippen LogP contribution is -2.41. The molecule has 0 fully saturated rings. The number of nitrogens with zero attached hydrogens (tertiary/aromatic N) is 1. The van der Waals surface area contributed by atoms with Crippen LogP contribution in [0.5, 0.6) is 0 Å². The second kappa shape index (κ2) is 5.89. The Bertz CT molecular complexity index is 76.0. The van der Waals surface area contributed by atoms with E-state index in [-0.39, 0.29) is 0 Å². The monoisotopic (exact) mass is 160 g/mol. The maximum atomic E-state index is 5.92. The molecule has 0 aromatic heterocycles. The lowest BCUT2D eigenvalue weighted by atomic mass is 10.3. The predicted octanol–water partition coefficient (Wildman–Crippen LogP) is 0.917. The van der Waals surface area contributed by atoms with E-state index < -0.39 is 9.12 Å². The molecule has 0 bridgehead atoms. The molecule has 2 N–H and O–H groups in total. The average Bonchev–Trinajstić information content (AvgIpc) is 1.88. The smallest absolute Gasteiger partial charge is 0.184 e. The third-order valence-corrected chi connectivity index (χ3v) is 4.09. The molecule has 3 heteroatoms. The first-order chi connectivity index (χ1) is 4.68. The topological polar surface area (TPSA) is 29.3 Å². The quantitative estimate of drug-likeness (QED) is 0.479. The first-order valence-corrected chi connectivity index (χ1v) is 6.10. The molecular weight excluding hydrogens is 140 g/mol. The summed E-state index contributed by atoms with van der Waals surface area (Å²) in [6.45, 7) is 2.22. The largest absolute Gasteiger partial charge is 0.341 e. The Morgan fingerprint density at radius 3 is 2.30 bits per heavy atom. The molecule has 0 rings (SSSR count). The van der Waals surface area contributed by atoms with Gasteiger partial charge in [0.2, 0.25) is 0 Å². The fourth-order valence-electron chi connectivity index (χ4n) is 0.862. The van der Waals surface area contributed by atoms with Gasteiger partial charge < -0.3 is 9.96 Å². The second-order valence-corrected chi connectivity index (χ2v) is 5.77. The van der Waals surface area contributed by atoms with E-state index in [0.29, 0.717) is 0 Å². The van der Waals surface area contributed by atoms with E-state index in [2.05, 4.69) is 25.6 Å². The number of rotatable bonds is 5. The third kappa shape index (κ3) is 4.96. The van der Waals surface area contributed by atoms with Crippen molar-refractivity contribution in [2.45, 2.75) is 32.2 Å². The molecular formula is C7H20N2Si. The van der Waals surface area contributed by atoms with Crippen LogP contribution in [0.2, 0.25) is 6.04 Å². The molecule has 10 heavy (non-hydrogen) atoms. The highest BCUT2D eigenvalue weighted by atomic mass is 28.3.